The Kier molecular flexibility index (Phi) is 7.75. The summed E-state index contributed by atoms with van der Waals surface area (Å²) in [6, 6.07) is 15.1. The second-order valence-corrected chi connectivity index (χ2v) is 10.7. The third-order valence-electron chi connectivity index (χ3n) is 6.34. The molecule has 2 heterocycles. The number of aromatic amines is 1. The molecule has 0 unspecified atom stereocenters. The van der Waals surface area contributed by atoms with Crippen molar-refractivity contribution in [3.63, 3.8) is 0 Å². The van der Waals surface area contributed by atoms with E-state index < -0.39 is 34.5 Å². The molecule has 3 aromatic carbocycles. The molecule has 13 heteroatoms. The van der Waals surface area contributed by atoms with E-state index in [2.05, 4.69) is 30.4 Å². The second-order valence-electron chi connectivity index (χ2n) is 9.06. The molecule has 1 atom stereocenters. The number of rotatable bonds is 12. The van der Waals surface area contributed by atoms with Crippen LogP contribution in [0, 0.1) is 0 Å². The summed E-state index contributed by atoms with van der Waals surface area (Å²) in [5.74, 6) is -1.25. The minimum absolute atomic E-state index is 0.0395. The summed E-state index contributed by atoms with van der Waals surface area (Å²) in [7, 11) is -4.20. The van der Waals surface area contributed by atoms with Gasteiger partial charge in [-0.3, -0.25) is 14.3 Å². The Morgan fingerprint density at radius 2 is 1.88 bits per heavy atom. The number of carbonyl (C=O) groups is 2. The largest absolute Gasteiger partial charge is 0.480 e. The zero-order chi connectivity index (χ0) is 28.1. The number of hydrogen-bond acceptors (Lipinski definition) is 7. The highest BCUT2D eigenvalue weighted by Gasteiger charge is 2.27. The van der Waals surface area contributed by atoms with Gasteiger partial charge in [0.1, 0.15) is 6.04 Å². The van der Waals surface area contributed by atoms with Crippen LogP contribution in [-0.4, -0.2) is 64.3 Å². The number of aliphatic carboxylic acids is 1. The van der Waals surface area contributed by atoms with Gasteiger partial charge in [0.15, 0.2) is 5.95 Å². The van der Waals surface area contributed by atoms with E-state index in [1.807, 2.05) is 4.68 Å². The van der Waals surface area contributed by atoms with E-state index in [0.29, 0.717) is 35.4 Å². The van der Waals surface area contributed by atoms with E-state index in [4.69, 9.17) is 0 Å². The van der Waals surface area contributed by atoms with Crippen LogP contribution in [0.1, 0.15) is 16.8 Å². The lowest BCUT2D eigenvalue weighted by atomic mass is 10.1. The number of anilines is 1. The molecular weight excluding hydrogens is 534 g/mol. The standard InChI is InChI=1S/C27H27N7O5S/c35-25(19-9-10-23-20(15-19)16-32-34(23)14-4-11-28-27-29-12-13-30-27)31-17-22(26(36)37)33-40(38,39)24-8-3-6-18-5-1-2-7-21(18)24/h1-3,5-10,12-13,15-16,22,33H,4,11,14,17H2,(H,31,35)(H,36,37)(H2,28,29,30)/t22-/m0/s1. The average molecular weight is 562 g/mol. The van der Waals surface area contributed by atoms with Gasteiger partial charge < -0.3 is 20.7 Å². The van der Waals surface area contributed by atoms with Crippen molar-refractivity contribution in [1.29, 1.82) is 0 Å². The molecule has 12 nitrogen and oxygen atoms in total. The van der Waals surface area contributed by atoms with Crippen LogP contribution >= 0.6 is 0 Å². The van der Waals surface area contributed by atoms with Crippen LogP contribution in [0.3, 0.4) is 0 Å². The molecule has 5 aromatic rings. The minimum Gasteiger partial charge on any atom is -0.480 e. The molecule has 0 aliphatic heterocycles. The zero-order valence-corrected chi connectivity index (χ0v) is 22.1. The summed E-state index contributed by atoms with van der Waals surface area (Å²) < 4.78 is 30.2. The van der Waals surface area contributed by atoms with Crippen molar-refractivity contribution in [1.82, 2.24) is 29.8 Å². The van der Waals surface area contributed by atoms with Crippen molar-refractivity contribution in [2.45, 2.75) is 23.9 Å². The van der Waals surface area contributed by atoms with Crippen molar-refractivity contribution in [2.75, 3.05) is 18.4 Å². The molecule has 2 aromatic heterocycles. The summed E-state index contributed by atoms with van der Waals surface area (Å²) in [6.07, 6.45) is 5.86. The number of aromatic nitrogens is 4. The highest BCUT2D eigenvalue weighted by Crippen LogP contribution is 2.23. The van der Waals surface area contributed by atoms with Gasteiger partial charge in [0.05, 0.1) is 16.6 Å². The Balaban J connectivity index is 1.21. The number of hydrogen-bond donors (Lipinski definition) is 5. The highest BCUT2D eigenvalue weighted by molar-refractivity contribution is 7.89. The number of sulfonamides is 1. The van der Waals surface area contributed by atoms with Crippen LogP contribution in [0.2, 0.25) is 0 Å². The van der Waals surface area contributed by atoms with Gasteiger partial charge in [-0.2, -0.15) is 9.82 Å². The van der Waals surface area contributed by atoms with Gasteiger partial charge in [-0.15, -0.1) is 0 Å². The van der Waals surface area contributed by atoms with Crippen LogP contribution in [-0.2, 0) is 21.4 Å². The number of H-pyrrole nitrogens is 1. The summed E-state index contributed by atoms with van der Waals surface area (Å²) in [6.45, 7) is 0.905. The monoisotopic (exact) mass is 561 g/mol. The van der Waals surface area contributed by atoms with Gasteiger partial charge >= 0.3 is 5.97 Å². The molecule has 0 saturated heterocycles. The fourth-order valence-corrected chi connectivity index (χ4v) is 5.78. The Morgan fingerprint density at radius 3 is 2.67 bits per heavy atom. The molecule has 0 bridgehead atoms. The van der Waals surface area contributed by atoms with Gasteiger partial charge in [0.2, 0.25) is 10.0 Å². The van der Waals surface area contributed by atoms with Gasteiger partial charge in [-0.25, -0.2) is 13.4 Å². The maximum atomic E-state index is 13.1. The Hall–Kier alpha value is -4.75. The van der Waals surface area contributed by atoms with Crippen molar-refractivity contribution >= 4 is 49.5 Å². The van der Waals surface area contributed by atoms with Crippen molar-refractivity contribution in [3.8, 4) is 0 Å². The number of carboxylic acid groups (broad SMARTS) is 1. The number of carboxylic acids is 1. The molecule has 0 aliphatic rings. The summed E-state index contributed by atoms with van der Waals surface area (Å²) in [5.41, 5.74) is 1.15. The van der Waals surface area contributed by atoms with Crippen LogP contribution < -0.4 is 15.4 Å². The first kappa shape index (κ1) is 26.8. The van der Waals surface area contributed by atoms with Crippen LogP contribution in [0.5, 0.6) is 0 Å². The second kappa shape index (κ2) is 11.6. The van der Waals surface area contributed by atoms with Gasteiger partial charge in [0, 0.05) is 48.4 Å². The van der Waals surface area contributed by atoms with Gasteiger partial charge in [0.25, 0.3) is 5.91 Å². The van der Waals surface area contributed by atoms with Crippen LogP contribution in [0.25, 0.3) is 21.7 Å². The normalized spacial score (nSPS) is 12.4. The molecule has 1 amide bonds. The first-order chi connectivity index (χ1) is 19.3. The topological polar surface area (TPSA) is 171 Å². The van der Waals surface area contributed by atoms with Crippen LogP contribution in [0.15, 0.2) is 84.1 Å². The molecule has 5 N–H and O–H groups in total. The molecular formula is C27H27N7O5S. The third-order valence-corrected chi connectivity index (χ3v) is 7.87. The van der Waals surface area contributed by atoms with E-state index in [9.17, 15) is 23.1 Å². The molecule has 5 rings (SSSR count). The van der Waals surface area contributed by atoms with Crippen molar-refractivity contribution < 1.29 is 23.1 Å². The average Bonchev–Trinajstić information content (AvgIpc) is 3.62. The fourth-order valence-electron chi connectivity index (χ4n) is 4.36. The van der Waals surface area contributed by atoms with Crippen molar-refractivity contribution in [2.24, 2.45) is 0 Å². The quantitative estimate of drug-likeness (QED) is 0.145. The van der Waals surface area contributed by atoms with Crippen LogP contribution in [0.4, 0.5) is 5.95 Å². The smallest absolute Gasteiger partial charge is 0.323 e. The zero-order valence-electron chi connectivity index (χ0n) is 21.2. The van der Waals surface area contributed by atoms with Gasteiger partial charge in [-0.05, 0) is 36.1 Å². The maximum Gasteiger partial charge on any atom is 0.323 e. The number of fused-ring (bicyclic) bond motifs is 2. The Morgan fingerprint density at radius 1 is 1.05 bits per heavy atom. The molecule has 0 spiro atoms. The van der Waals surface area contributed by atoms with E-state index in [1.165, 1.54) is 6.07 Å². The number of aryl methyl sites for hydroxylation is 1. The summed E-state index contributed by atoms with van der Waals surface area (Å²) >= 11 is 0. The summed E-state index contributed by atoms with van der Waals surface area (Å²) in [4.78, 5) is 31.8. The maximum absolute atomic E-state index is 13.1. The summed E-state index contributed by atoms with van der Waals surface area (Å²) in [5, 5.41) is 21.7. The number of imidazole rings is 1. The number of carbonyl (C=O) groups excluding carboxylic acids is 1. The molecule has 0 fully saturated rings. The SMILES string of the molecule is O=C(NC[C@H](NS(=O)(=O)c1cccc2ccccc12)C(=O)O)c1ccc2c(cnn2CCCNc2ncc[nH]2)c1. The first-order valence-corrected chi connectivity index (χ1v) is 14.0. The molecule has 206 valence electrons. The van der Waals surface area contributed by atoms with E-state index in [1.54, 1.807) is 73.2 Å². The molecule has 0 saturated carbocycles. The number of nitrogens with one attached hydrogen (secondary N) is 4. The lowest BCUT2D eigenvalue weighted by Crippen LogP contribution is -2.48. The predicted molar refractivity (Wildman–Crippen MR) is 149 cm³/mol. The minimum atomic E-state index is -4.20. The van der Waals surface area contributed by atoms with E-state index in [0.717, 1.165) is 17.3 Å². The third kappa shape index (κ3) is 5.95. The molecule has 0 aliphatic carbocycles. The Labute approximate surface area is 229 Å². The molecule has 0 radical (unpaired) electrons. The lowest BCUT2D eigenvalue weighted by molar-refractivity contribution is -0.138. The van der Waals surface area contributed by atoms with E-state index >= 15 is 0 Å². The van der Waals surface area contributed by atoms with Crippen molar-refractivity contribution in [3.05, 3.63) is 84.8 Å². The number of amides is 1. The fraction of sp³-hybridized carbons (Fsp3) is 0.185. The number of nitrogens with zero attached hydrogens (tertiary/aromatic N) is 3. The first-order valence-electron chi connectivity index (χ1n) is 12.5. The predicted octanol–water partition coefficient (Wildman–Crippen LogP) is 2.58. The number of benzene rings is 3. The molecule has 40 heavy (non-hydrogen) atoms. The Bertz CT molecular complexity index is 1760. The van der Waals surface area contributed by atoms with E-state index in [-0.39, 0.29) is 4.90 Å². The highest BCUT2D eigenvalue weighted by atomic mass is 32.2. The lowest BCUT2D eigenvalue weighted by Gasteiger charge is -2.16. The van der Waals surface area contributed by atoms with Gasteiger partial charge in [-0.1, -0.05) is 36.4 Å².